The second-order valence-corrected chi connectivity index (χ2v) is 9.40. The number of carbonyl (C=O) groups is 1. The van der Waals surface area contributed by atoms with Crippen LogP contribution >= 0.6 is 0 Å². The molecule has 1 aromatic heterocycles. The summed E-state index contributed by atoms with van der Waals surface area (Å²) in [6.45, 7) is 5.18. The van der Waals surface area contributed by atoms with Gasteiger partial charge in [0.2, 0.25) is 15.9 Å². The van der Waals surface area contributed by atoms with Gasteiger partial charge in [0.15, 0.2) is 0 Å². The van der Waals surface area contributed by atoms with Crippen molar-refractivity contribution in [1.29, 1.82) is 0 Å². The molecule has 0 saturated heterocycles. The summed E-state index contributed by atoms with van der Waals surface area (Å²) in [5.41, 5.74) is -0.191. The van der Waals surface area contributed by atoms with E-state index in [1.165, 1.54) is 30.4 Å². The number of halogens is 4. The van der Waals surface area contributed by atoms with Gasteiger partial charge in [-0.15, -0.1) is 0 Å². The molecule has 1 amide bonds. The maximum atomic E-state index is 14.2. The molecule has 0 aliphatic carbocycles. The summed E-state index contributed by atoms with van der Waals surface area (Å²) in [6, 6.07) is 5.32. The third-order valence-electron chi connectivity index (χ3n) is 4.89. The fourth-order valence-electron chi connectivity index (χ4n) is 2.97. The van der Waals surface area contributed by atoms with Crippen LogP contribution in [-0.2, 0) is 21.0 Å². The van der Waals surface area contributed by atoms with E-state index in [-0.39, 0.29) is 17.3 Å². The molecule has 0 radical (unpaired) electrons. The molecule has 1 unspecified atom stereocenters. The van der Waals surface area contributed by atoms with Crippen LogP contribution in [0, 0.1) is 5.82 Å². The summed E-state index contributed by atoms with van der Waals surface area (Å²) in [4.78, 5) is 16.1. The van der Waals surface area contributed by atoms with E-state index in [0.29, 0.717) is 17.5 Å². The summed E-state index contributed by atoms with van der Waals surface area (Å²) in [6.07, 6.45) is -0.555. The van der Waals surface area contributed by atoms with Crippen molar-refractivity contribution in [2.45, 2.75) is 45.3 Å². The highest BCUT2D eigenvalue weighted by molar-refractivity contribution is 7.92. The summed E-state index contributed by atoms with van der Waals surface area (Å²) in [5, 5.41) is 2.63. The van der Waals surface area contributed by atoms with E-state index < -0.39 is 39.7 Å². The molecule has 0 fully saturated rings. The van der Waals surface area contributed by atoms with Gasteiger partial charge in [0.05, 0.1) is 23.7 Å². The number of hydrogen-bond donors (Lipinski definition) is 2. The first-order chi connectivity index (χ1) is 15.2. The maximum absolute atomic E-state index is 14.2. The summed E-state index contributed by atoms with van der Waals surface area (Å²) >= 11 is 0. The second-order valence-electron chi connectivity index (χ2n) is 7.66. The van der Waals surface area contributed by atoms with Crippen LogP contribution in [0.5, 0.6) is 0 Å². The lowest BCUT2D eigenvalue weighted by atomic mass is 9.98. The van der Waals surface area contributed by atoms with E-state index >= 15 is 0 Å². The van der Waals surface area contributed by atoms with Gasteiger partial charge in [-0.2, -0.15) is 13.2 Å². The molecule has 1 heterocycles. The minimum atomic E-state index is -4.57. The molecule has 11 heteroatoms. The van der Waals surface area contributed by atoms with Crippen LogP contribution < -0.4 is 10.0 Å². The van der Waals surface area contributed by atoms with E-state index in [1.54, 1.807) is 13.8 Å². The number of carbonyl (C=O) groups excluding carboxylic acids is 1. The van der Waals surface area contributed by atoms with Gasteiger partial charge in [0, 0.05) is 6.08 Å². The SMILES string of the molecule is CCC(C)c1nc(C(F)(F)F)ccc1C=CC(=O)N[C@H](C)c1ccc(NS(C)(=O)=O)c(F)c1. The predicted molar refractivity (Wildman–Crippen MR) is 118 cm³/mol. The van der Waals surface area contributed by atoms with E-state index in [0.717, 1.165) is 18.4 Å². The van der Waals surface area contributed by atoms with Crippen molar-refractivity contribution >= 4 is 27.7 Å². The van der Waals surface area contributed by atoms with Crippen molar-refractivity contribution in [2.75, 3.05) is 11.0 Å². The zero-order valence-corrected chi connectivity index (χ0v) is 19.3. The van der Waals surface area contributed by atoms with Crippen LogP contribution in [0.2, 0.25) is 0 Å². The van der Waals surface area contributed by atoms with Crippen molar-refractivity contribution in [1.82, 2.24) is 10.3 Å². The Bertz CT molecular complexity index is 1150. The van der Waals surface area contributed by atoms with Gasteiger partial charge in [-0.1, -0.05) is 26.0 Å². The van der Waals surface area contributed by atoms with Gasteiger partial charge in [0.1, 0.15) is 11.5 Å². The molecular weight excluding hydrogens is 462 g/mol. The summed E-state index contributed by atoms with van der Waals surface area (Å²) < 4.78 is 77.8. The van der Waals surface area contributed by atoms with Crippen LogP contribution in [0.25, 0.3) is 6.08 Å². The fraction of sp³-hybridized carbons (Fsp3) is 0.364. The molecule has 1 aromatic carbocycles. The number of hydrogen-bond acceptors (Lipinski definition) is 4. The fourth-order valence-corrected chi connectivity index (χ4v) is 3.53. The smallest absolute Gasteiger partial charge is 0.346 e. The Labute approximate surface area is 190 Å². The number of sulfonamides is 1. The second kappa shape index (κ2) is 10.3. The Hall–Kier alpha value is -2.95. The zero-order valence-electron chi connectivity index (χ0n) is 18.5. The lowest BCUT2D eigenvalue weighted by molar-refractivity contribution is -0.141. The number of nitrogens with one attached hydrogen (secondary N) is 2. The number of benzene rings is 1. The lowest BCUT2D eigenvalue weighted by Crippen LogP contribution is -2.24. The normalized spacial score (nSPS) is 14.2. The Morgan fingerprint density at radius 1 is 1.18 bits per heavy atom. The number of aromatic nitrogens is 1. The van der Waals surface area contributed by atoms with Crippen LogP contribution in [0.15, 0.2) is 36.4 Å². The average molecular weight is 488 g/mol. The van der Waals surface area contributed by atoms with Gasteiger partial charge >= 0.3 is 6.18 Å². The number of amides is 1. The number of rotatable bonds is 8. The predicted octanol–water partition coefficient (Wildman–Crippen LogP) is 5.02. The van der Waals surface area contributed by atoms with Crippen LogP contribution in [-0.4, -0.2) is 25.6 Å². The first kappa shape index (κ1) is 26.3. The highest BCUT2D eigenvalue weighted by Crippen LogP contribution is 2.31. The molecule has 2 atom stereocenters. The van der Waals surface area contributed by atoms with E-state index in [9.17, 15) is 30.8 Å². The number of nitrogens with zero attached hydrogens (tertiary/aromatic N) is 1. The average Bonchev–Trinajstić information content (AvgIpc) is 2.71. The van der Waals surface area contributed by atoms with Gasteiger partial charge < -0.3 is 5.32 Å². The largest absolute Gasteiger partial charge is 0.433 e. The van der Waals surface area contributed by atoms with Crippen molar-refractivity contribution in [2.24, 2.45) is 0 Å². The zero-order chi connectivity index (χ0) is 25.0. The molecule has 33 heavy (non-hydrogen) atoms. The van der Waals surface area contributed by atoms with E-state index in [2.05, 4.69) is 10.3 Å². The number of alkyl halides is 3. The van der Waals surface area contributed by atoms with Crippen molar-refractivity contribution in [3.05, 3.63) is 64.7 Å². The maximum Gasteiger partial charge on any atom is 0.433 e. The molecule has 2 aromatic rings. The minimum Gasteiger partial charge on any atom is -0.346 e. The standard InChI is InChI=1S/C22H25F4N3O3S/c1-5-13(2)21-15(7-10-19(28-21)22(24,25)26)8-11-20(30)27-14(3)16-6-9-18(17(23)12-16)29-33(4,31)32/h6-14,29H,5H2,1-4H3,(H,27,30)/t13?,14-/m1/s1. The van der Waals surface area contributed by atoms with Crippen molar-refractivity contribution in [3.63, 3.8) is 0 Å². The topological polar surface area (TPSA) is 88.2 Å². The number of anilines is 1. The Kier molecular flexibility index (Phi) is 8.23. The quantitative estimate of drug-likeness (QED) is 0.405. The molecule has 0 aliphatic rings. The van der Waals surface area contributed by atoms with Crippen LogP contribution in [0.1, 0.15) is 61.7 Å². The molecule has 180 valence electrons. The monoisotopic (exact) mass is 487 g/mol. The molecule has 0 spiro atoms. The molecule has 0 bridgehead atoms. The number of pyridine rings is 1. The first-order valence-corrected chi connectivity index (χ1v) is 11.9. The van der Waals surface area contributed by atoms with Crippen molar-refractivity contribution in [3.8, 4) is 0 Å². The van der Waals surface area contributed by atoms with E-state index in [4.69, 9.17) is 0 Å². The molecule has 2 N–H and O–H groups in total. The third-order valence-corrected chi connectivity index (χ3v) is 5.48. The Morgan fingerprint density at radius 2 is 1.85 bits per heavy atom. The van der Waals surface area contributed by atoms with E-state index in [1.807, 2.05) is 11.6 Å². The van der Waals surface area contributed by atoms with Crippen molar-refractivity contribution < 1.29 is 30.8 Å². The van der Waals surface area contributed by atoms with Gasteiger partial charge in [-0.25, -0.2) is 17.8 Å². The minimum absolute atomic E-state index is 0.216. The molecular formula is C22H25F4N3O3S. The first-order valence-electron chi connectivity index (χ1n) is 10.0. The van der Waals surface area contributed by atoms with Gasteiger partial charge in [0.25, 0.3) is 0 Å². The third kappa shape index (κ3) is 7.55. The van der Waals surface area contributed by atoms with Gasteiger partial charge in [-0.05, 0) is 54.7 Å². The molecule has 2 rings (SSSR count). The lowest BCUT2D eigenvalue weighted by Gasteiger charge is -2.16. The molecule has 0 saturated carbocycles. The summed E-state index contributed by atoms with van der Waals surface area (Å²) in [5.74, 6) is -1.60. The highest BCUT2D eigenvalue weighted by Gasteiger charge is 2.33. The molecule has 0 aliphatic heterocycles. The van der Waals surface area contributed by atoms with Crippen LogP contribution in [0.4, 0.5) is 23.2 Å². The molecule has 6 nitrogen and oxygen atoms in total. The Morgan fingerprint density at radius 3 is 2.39 bits per heavy atom. The van der Waals surface area contributed by atoms with Gasteiger partial charge in [-0.3, -0.25) is 9.52 Å². The highest BCUT2D eigenvalue weighted by atomic mass is 32.2. The summed E-state index contributed by atoms with van der Waals surface area (Å²) in [7, 11) is -3.64. The van der Waals surface area contributed by atoms with Crippen LogP contribution in [0.3, 0.4) is 0 Å². The Balaban J connectivity index is 2.17.